The molecule has 20 heavy (non-hydrogen) atoms. The fourth-order valence-electron chi connectivity index (χ4n) is 2.62. The second kappa shape index (κ2) is 6.04. The van der Waals surface area contributed by atoms with E-state index in [1.54, 1.807) is 16.4 Å². The Morgan fingerprint density at radius 3 is 2.65 bits per heavy atom. The summed E-state index contributed by atoms with van der Waals surface area (Å²) in [7, 11) is -3.38. The maximum absolute atomic E-state index is 12.7. The molecule has 1 aromatic carbocycles. The van der Waals surface area contributed by atoms with Crippen LogP contribution in [0.1, 0.15) is 31.4 Å². The van der Waals surface area contributed by atoms with Crippen LogP contribution in [0.3, 0.4) is 0 Å². The lowest BCUT2D eigenvalue weighted by Gasteiger charge is -2.18. The predicted molar refractivity (Wildman–Crippen MR) is 82.4 cm³/mol. The number of sulfonamides is 1. The van der Waals surface area contributed by atoms with Gasteiger partial charge in [-0.15, -0.1) is 11.6 Å². The zero-order chi connectivity index (χ0) is 14.9. The Hall–Kier alpha value is -0.580. The van der Waals surface area contributed by atoms with Crippen molar-refractivity contribution in [1.82, 2.24) is 4.31 Å². The van der Waals surface area contributed by atoms with Crippen LogP contribution < -0.4 is 0 Å². The van der Waals surface area contributed by atoms with Crippen LogP contribution in [0.2, 0.25) is 0 Å². The van der Waals surface area contributed by atoms with Gasteiger partial charge in [-0.3, -0.25) is 0 Å². The summed E-state index contributed by atoms with van der Waals surface area (Å²) in [6, 6.07) is 5.23. The number of alkyl halides is 1. The second-order valence-electron chi connectivity index (χ2n) is 5.88. The van der Waals surface area contributed by atoms with E-state index >= 15 is 0 Å². The van der Waals surface area contributed by atoms with Crippen LogP contribution in [-0.4, -0.2) is 25.8 Å². The summed E-state index contributed by atoms with van der Waals surface area (Å²) in [6.45, 7) is 7.49. The normalized spacial score (nSPS) is 20.8. The van der Waals surface area contributed by atoms with Gasteiger partial charge in [0, 0.05) is 19.0 Å². The van der Waals surface area contributed by atoms with Gasteiger partial charge in [-0.1, -0.05) is 19.9 Å². The molecule has 1 fully saturated rings. The van der Waals surface area contributed by atoms with Gasteiger partial charge in [0.15, 0.2) is 0 Å². The quantitative estimate of drug-likeness (QED) is 0.799. The number of aryl methyl sites for hydroxylation is 1. The molecule has 1 aliphatic heterocycles. The van der Waals surface area contributed by atoms with Gasteiger partial charge in [0.05, 0.1) is 4.90 Å². The first-order valence-corrected chi connectivity index (χ1v) is 8.99. The molecule has 1 unspecified atom stereocenters. The first-order chi connectivity index (χ1) is 9.36. The molecule has 0 amide bonds. The van der Waals surface area contributed by atoms with E-state index in [0.29, 0.717) is 35.7 Å². The molecule has 0 aromatic heterocycles. The number of hydrogen-bond acceptors (Lipinski definition) is 2. The molecule has 1 saturated heterocycles. The maximum Gasteiger partial charge on any atom is 0.243 e. The van der Waals surface area contributed by atoms with Gasteiger partial charge in [0.1, 0.15) is 0 Å². The van der Waals surface area contributed by atoms with Crippen molar-refractivity contribution in [2.45, 2.75) is 38.0 Å². The highest BCUT2D eigenvalue weighted by Crippen LogP contribution is 2.29. The minimum absolute atomic E-state index is 0.337. The first kappa shape index (κ1) is 15.8. The third-order valence-corrected chi connectivity index (χ3v) is 6.38. The Kier molecular flexibility index (Phi) is 4.77. The Morgan fingerprint density at radius 2 is 2.10 bits per heavy atom. The Balaban J connectivity index is 2.27. The molecule has 1 aromatic rings. The molecule has 0 aliphatic carbocycles. The SMILES string of the molecule is Cc1ccc(S(=O)(=O)N2CCC(C(C)C)C2)cc1CCl. The lowest BCUT2D eigenvalue weighted by atomic mass is 9.96. The van der Waals surface area contributed by atoms with Crippen LogP contribution >= 0.6 is 11.6 Å². The van der Waals surface area contributed by atoms with Crippen molar-refractivity contribution in [1.29, 1.82) is 0 Å². The van der Waals surface area contributed by atoms with Crippen LogP contribution in [0.5, 0.6) is 0 Å². The van der Waals surface area contributed by atoms with E-state index in [9.17, 15) is 8.42 Å². The summed E-state index contributed by atoms with van der Waals surface area (Å²) in [6.07, 6.45) is 0.950. The zero-order valence-electron chi connectivity index (χ0n) is 12.3. The summed E-state index contributed by atoms with van der Waals surface area (Å²) >= 11 is 5.87. The van der Waals surface area contributed by atoms with Gasteiger partial charge < -0.3 is 0 Å². The van der Waals surface area contributed by atoms with Crippen molar-refractivity contribution in [3.05, 3.63) is 29.3 Å². The van der Waals surface area contributed by atoms with Gasteiger partial charge in [-0.25, -0.2) is 8.42 Å². The number of hydrogen-bond donors (Lipinski definition) is 0. The van der Waals surface area contributed by atoms with E-state index in [4.69, 9.17) is 11.6 Å². The number of halogens is 1. The Morgan fingerprint density at radius 1 is 1.40 bits per heavy atom. The summed E-state index contributed by atoms with van der Waals surface area (Å²) in [5.41, 5.74) is 1.91. The third-order valence-electron chi connectivity index (χ3n) is 4.23. The first-order valence-electron chi connectivity index (χ1n) is 7.02. The molecule has 0 bridgehead atoms. The lowest BCUT2D eigenvalue weighted by molar-refractivity contribution is 0.388. The molecule has 5 heteroatoms. The fourth-order valence-corrected chi connectivity index (χ4v) is 4.47. The van der Waals surface area contributed by atoms with Gasteiger partial charge in [-0.2, -0.15) is 4.31 Å². The molecule has 0 radical (unpaired) electrons. The van der Waals surface area contributed by atoms with Crippen LogP contribution in [0.15, 0.2) is 23.1 Å². The summed E-state index contributed by atoms with van der Waals surface area (Å²) in [5.74, 6) is 1.32. The van der Waals surface area contributed by atoms with Crippen molar-refractivity contribution in [3.8, 4) is 0 Å². The molecular weight excluding hydrogens is 294 g/mol. The number of benzene rings is 1. The zero-order valence-corrected chi connectivity index (χ0v) is 13.8. The largest absolute Gasteiger partial charge is 0.243 e. The molecule has 112 valence electrons. The van der Waals surface area contributed by atoms with E-state index in [2.05, 4.69) is 13.8 Å². The standard InChI is InChI=1S/C15H22ClNO2S/c1-11(2)13-6-7-17(10-13)20(18,19)15-5-4-12(3)14(8-15)9-16/h4-5,8,11,13H,6-7,9-10H2,1-3H3. The highest BCUT2D eigenvalue weighted by atomic mass is 35.5. The fraction of sp³-hybridized carbons (Fsp3) is 0.600. The molecule has 1 atom stereocenters. The average Bonchev–Trinajstić information content (AvgIpc) is 2.89. The van der Waals surface area contributed by atoms with Gasteiger partial charge in [-0.05, 0) is 48.4 Å². The Bertz CT molecular complexity index is 584. The topological polar surface area (TPSA) is 37.4 Å². The molecule has 0 N–H and O–H groups in total. The molecular formula is C15H22ClNO2S. The monoisotopic (exact) mass is 315 g/mol. The van der Waals surface area contributed by atoms with Crippen LogP contribution in [0, 0.1) is 18.8 Å². The van der Waals surface area contributed by atoms with Gasteiger partial charge >= 0.3 is 0 Å². The van der Waals surface area contributed by atoms with E-state index in [-0.39, 0.29) is 0 Å². The van der Waals surface area contributed by atoms with E-state index in [0.717, 1.165) is 17.5 Å². The molecule has 0 saturated carbocycles. The molecule has 2 rings (SSSR count). The number of nitrogens with zero attached hydrogens (tertiary/aromatic N) is 1. The minimum Gasteiger partial charge on any atom is -0.207 e. The van der Waals surface area contributed by atoms with Crippen molar-refractivity contribution in [2.75, 3.05) is 13.1 Å². The smallest absolute Gasteiger partial charge is 0.207 e. The summed E-state index contributed by atoms with van der Waals surface area (Å²) in [5, 5.41) is 0. The van der Waals surface area contributed by atoms with Crippen LogP contribution in [-0.2, 0) is 15.9 Å². The molecule has 0 spiro atoms. The van der Waals surface area contributed by atoms with Crippen molar-refractivity contribution in [3.63, 3.8) is 0 Å². The highest BCUT2D eigenvalue weighted by Gasteiger charge is 2.33. The molecule has 3 nitrogen and oxygen atoms in total. The van der Waals surface area contributed by atoms with E-state index in [1.165, 1.54) is 0 Å². The third kappa shape index (κ3) is 3.02. The minimum atomic E-state index is -3.38. The summed E-state index contributed by atoms with van der Waals surface area (Å²) < 4.78 is 26.9. The van der Waals surface area contributed by atoms with Crippen LogP contribution in [0.25, 0.3) is 0 Å². The van der Waals surface area contributed by atoms with E-state index in [1.807, 2.05) is 13.0 Å². The Labute approximate surface area is 127 Å². The number of rotatable bonds is 4. The van der Waals surface area contributed by atoms with Gasteiger partial charge in [0.2, 0.25) is 10.0 Å². The summed E-state index contributed by atoms with van der Waals surface area (Å²) in [4.78, 5) is 0.364. The molecule has 1 aliphatic rings. The van der Waals surface area contributed by atoms with Crippen molar-refractivity contribution >= 4 is 21.6 Å². The van der Waals surface area contributed by atoms with Gasteiger partial charge in [0.25, 0.3) is 0 Å². The van der Waals surface area contributed by atoms with Crippen molar-refractivity contribution in [2.24, 2.45) is 11.8 Å². The lowest BCUT2D eigenvalue weighted by Crippen LogP contribution is -2.29. The second-order valence-corrected chi connectivity index (χ2v) is 8.08. The van der Waals surface area contributed by atoms with Crippen molar-refractivity contribution < 1.29 is 8.42 Å². The van der Waals surface area contributed by atoms with E-state index < -0.39 is 10.0 Å². The maximum atomic E-state index is 12.7. The van der Waals surface area contributed by atoms with Crippen LogP contribution in [0.4, 0.5) is 0 Å². The highest BCUT2D eigenvalue weighted by molar-refractivity contribution is 7.89. The predicted octanol–water partition coefficient (Wildman–Crippen LogP) is 3.40. The molecule has 1 heterocycles. The average molecular weight is 316 g/mol.